The molecule has 1 amide bonds. The molecule has 1 N–H and O–H groups in total. The van der Waals surface area contributed by atoms with Gasteiger partial charge in [0.1, 0.15) is 5.75 Å². The molecule has 144 valence electrons. The molecule has 1 saturated heterocycles. The summed E-state index contributed by atoms with van der Waals surface area (Å²) < 4.78 is 55.2. The molecule has 6 nitrogen and oxygen atoms in total. The van der Waals surface area contributed by atoms with Crippen molar-refractivity contribution in [3.05, 3.63) is 54.1 Å². The van der Waals surface area contributed by atoms with Crippen LogP contribution in [0.25, 0.3) is 0 Å². The first-order valence-electron chi connectivity index (χ1n) is 8.33. The first-order valence-corrected chi connectivity index (χ1v) is 9.77. The van der Waals surface area contributed by atoms with E-state index >= 15 is 0 Å². The number of anilines is 1. The third kappa shape index (κ3) is 4.61. The highest BCUT2D eigenvalue weighted by Crippen LogP contribution is 2.22. The van der Waals surface area contributed by atoms with Gasteiger partial charge in [0.05, 0.1) is 4.90 Å². The fraction of sp³-hybridized carbons (Fsp3) is 0.278. The van der Waals surface area contributed by atoms with E-state index in [1.54, 1.807) is 0 Å². The van der Waals surface area contributed by atoms with Gasteiger partial charge < -0.3 is 10.1 Å². The topological polar surface area (TPSA) is 75.7 Å². The van der Waals surface area contributed by atoms with E-state index in [0.29, 0.717) is 18.8 Å². The van der Waals surface area contributed by atoms with E-state index in [2.05, 4.69) is 10.1 Å². The van der Waals surface area contributed by atoms with E-state index in [0.717, 1.165) is 12.8 Å². The van der Waals surface area contributed by atoms with Gasteiger partial charge in [-0.2, -0.15) is 13.1 Å². The minimum Gasteiger partial charge on any atom is -0.435 e. The Morgan fingerprint density at radius 1 is 1.07 bits per heavy atom. The molecule has 0 aromatic heterocycles. The summed E-state index contributed by atoms with van der Waals surface area (Å²) in [6.07, 6.45) is 1.65. The fourth-order valence-electron chi connectivity index (χ4n) is 2.80. The number of hydrogen-bond donors (Lipinski definition) is 1. The number of alkyl halides is 2. The van der Waals surface area contributed by atoms with Crippen LogP contribution >= 0.6 is 0 Å². The van der Waals surface area contributed by atoms with Crippen molar-refractivity contribution < 1.29 is 26.7 Å². The van der Waals surface area contributed by atoms with Crippen LogP contribution in [0.4, 0.5) is 14.5 Å². The molecule has 9 heteroatoms. The number of carbonyl (C=O) groups excluding carboxylic acids is 1. The maximum atomic E-state index is 12.6. The van der Waals surface area contributed by atoms with Gasteiger partial charge in [0.2, 0.25) is 10.0 Å². The van der Waals surface area contributed by atoms with Gasteiger partial charge in [-0.3, -0.25) is 4.79 Å². The molecule has 2 aromatic rings. The van der Waals surface area contributed by atoms with Crippen LogP contribution in [0.1, 0.15) is 23.2 Å². The normalized spacial score (nSPS) is 15.1. The lowest BCUT2D eigenvalue weighted by Gasteiger charge is -2.16. The number of benzene rings is 2. The summed E-state index contributed by atoms with van der Waals surface area (Å²) in [5.74, 6) is -0.530. The van der Waals surface area contributed by atoms with Gasteiger partial charge in [-0.15, -0.1) is 0 Å². The molecule has 2 aromatic carbocycles. The Hall–Kier alpha value is -2.52. The maximum Gasteiger partial charge on any atom is 0.387 e. The smallest absolute Gasteiger partial charge is 0.387 e. The Morgan fingerprint density at radius 2 is 1.74 bits per heavy atom. The van der Waals surface area contributed by atoms with E-state index in [4.69, 9.17) is 0 Å². The molecule has 27 heavy (non-hydrogen) atoms. The van der Waals surface area contributed by atoms with E-state index in [1.165, 1.54) is 52.8 Å². The highest BCUT2D eigenvalue weighted by molar-refractivity contribution is 7.89. The predicted molar refractivity (Wildman–Crippen MR) is 95.5 cm³/mol. The van der Waals surface area contributed by atoms with Gasteiger partial charge in [0.15, 0.2) is 0 Å². The van der Waals surface area contributed by atoms with Crippen molar-refractivity contribution in [3.8, 4) is 5.75 Å². The summed E-state index contributed by atoms with van der Waals surface area (Å²) >= 11 is 0. The van der Waals surface area contributed by atoms with Crippen molar-refractivity contribution in [1.82, 2.24) is 4.31 Å². The Labute approximate surface area is 155 Å². The number of rotatable bonds is 6. The van der Waals surface area contributed by atoms with Gasteiger partial charge >= 0.3 is 6.61 Å². The van der Waals surface area contributed by atoms with Crippen LogP contribution < -0.4 is 10.1 Å². The number of halogens is 2. The highest BCUT2D eigenvalue weighted by Gasteiger charge is 2.27. The average Bonchev–Trinajstić information content (AvgIpc) is 3.18. The van der Waals surface area contributed by atoms with Gasteiger partial charge in [-0.25, -0.2) is 8.42 Å². The van der Waals surface area contributed by atoms with E-state index in [1.807, 2.05) is 0 Å². The third-order valence-corrected chi connectivity index (χ3v) is 6.03. The van der Waals surface area contributed by atoms with Crippen LogP contribution in [0, 0.1) is 0 Å². The van der Waals surface area contributed by atoms with Crippen LogP contribution in [-0.4, -0.2) is 38.3 Å². The van der Waals surface area contributed by atoms with Gasteiger partial charge in [-0.1, -0.05) is 6.07 Å². The Bertz CT molecular complexity index is 911. The Kier molecular flexibility index (Phi) is 5.71. The molecule has 0 unspecified atom stereocenters. The van der Waals surface area contributed by atoms with Gasteiger partial charge in [0.25, 0.3) is 5.91 Å². The highest BCUT2D eigenvalue weighted by atomic mass is 32.2. The molecule has 0 saturated carbocycles. The molecule has 0 aliphatic carbocycles. The van der Waals surface area contributed by atoms with Crippen LogP contribution in [0.3, 0.4) is 0 Å². The number of carbonyl (C=O) groups is 1. The number of amides is 1. The zero-order chi connectivity index (χ0) is 19.4. The third-order valence-electron chi connectivity index (χ3n) is 4.14. The molecule has 1 fully saturated rings. The second-order valence-corrected chi connectivity index (χ2v) is 7.93. The second kappa shape index (κ2) is 8.01. The quantitative estimate of drug-likeness (QED) is 0.813. The molecule has 0 bridgehead atoms. The SMILES string of the molecule is O=C(Nc1ccc(OC(F)F)cc1)c1cccc(S(=O)(=O)N2CCCC2)c1. The Balaban J connectivity index is 1.74. The summed E-state index contributed by atoms with van der Waals surface area (Å²) in [6, 6.07) is 11.2. The van der Waals surface area contributed by atoms with Crippen LogP contribution in [-0.2, 0) is 10.0 Å². The van der Waals surface area contributed by atoms with Crippen LogP contribution in [0.5, 0.6) is 5.75 Å². The lowest BCUT2D eigenvalue weighted by molar-refractivity contribution is -0.0498. The fourth-order valence-corrected chi connectivity index (χ4v) is 4.36. The van der Waals surface area contributed by atoms with E-state index in [-0.39, 0.29) is 16.2 Å². The number of nitrogens with one attached hydrogen (secondary N) is 1. The predicted octanol–water partition coefficient (Wildman–Crippen LogP) is 3.32. The first kappa shape index (κ1) is 19.2. The maximum absolute atomic E-state index is 12.6. The van der Waals surface area contributed by atoms with Gasteiger partial charge in [-0.05, 0) is 55.3 Å². The van der Waals surface area contributed by atoms with Crippen LogP contribution in [0.15, 0.2) is 53.4 Å². The standard InChI is InChI=1S/C18H18F2N2O4S/c19-18(20)26-15-8-6-14(7-9-15)21-17(23)13-4-3-5-16(12-13)27(24,25)22-10-1-2-11-22/h3-9,12,18H,1-2,10-11H2,(H,21,23). The Morgan fingerprint density at radius 3 is 2.37 bits per heavy atom. The van der Waals surface area contributed by atoms with Crippen molar-refractivity contribution in [3.63, 3.8) is 0 Å². The van der Waals surface area contributed by atoms with Gasteiger partial charge in [0, 0.05) is 24.3 Å². The zero-order valence-electron chi connectivity index (χ0n) is 14.3. The zero-order valence-corrected chi connectivity index (χ0v) is 15.1. The largest absolute Gasteiger partial charge is 0.435 e. The second-order valence-electron chi connectivity index (χ2n) is 6.00. The summed E-state index contributed by atoms with van der Waals surface area (Å²) in [5.41, 5.74) is 0.553. The molecule has 0 radical (unpaired) electrons. The number of nitrogens with zero attached hydrogens (tertiary/aromatic N) is 1. The molecular weight excluding hydrogens is 378 g/mol. The monoisotopic (exact) mass is 396 g/mol. The molecule has 1 aliphatic rings. The molecule has 0 spiro atoms. The summed E-state index contributed by atoms with van der Waals surface area (Å²) in [4.78, 5) is 12.5. The minimum atomic E-state index is -3.62. The van der Waals surface area contributed by atoms with Crippen molar-refractivity contribution in [2.75, 3.05) is 18.4 Å². The minimum absolute atomic E-state index is 0.0262. The van der Waals surface area contributed by atoms with Crippen molar-refractivity contribution in [2.24, 2.45) is 0 Å². The average molecular weight is 396 g/mol. The van der Waals surface area contributed by atoms with E-state index < -0.39 is 22.5 Å². The summed E-state index contributed by atoms with van der Waals surface area (Å²) in [6.45, 7) is -1.97. The van der Waals surface area contributed by atoms with Crippen molar-refractivity contribution in [2.45, 2.75) is 24.3 Å². The lowest BCUT2D eigenvalue weighted by atomic mass is 10.2. The van der Waals surface area contributed by atoms with Crippen LogP contribution in [0.2, 0.25) is 0 Å². The first-order chi connectivity index (χ1) is 12.9. The summed E-state index contributed by atoms with van der Waals surface area (Å²) in [5, 5.41) is 2.60. The molecule has 1 heterocycles. The molecule has 0 atom stereocenters. The molecular formula is C18H18F2N2O4S. The summed E-state index contributed by atoms with van der Waals surface area (Å²) in [7, 11) is -3.62. The number of hydrogen-bond acceptors (Lipinski definition) is 4. The van der Waals surface area contributed by atoms with Crippen molar-refractivity contribution in [1.29, 1.82) is 0 Å². The lowest BCUT2D eigenvalue weighted by Crippen LogP contribution is -2.28. The number of sulfonamides is 1. The number of ether oxygens (including phenoxy) is 1. The molecule has 3 rings (SSSR count). The van der Waals surface area contributed by atoms with E-state index in [9.17, 15) is 22.0 Å². The molecule has 1 aliphatic heterocycles. The van der Waals surface area contributed by atoms with Crippen molar-refractivity contribution >= 4 is 21.6 Å².